The van der Waals surface area contributed by atoms with Crippen molar-refractivity contribution >= 4 is 23.5 Å². The minimum absolute atomic E-state index is 0.142. The number of carbonyl (C=O) groups excluding carboxylic acids is 2. The maximum Gasteiger partial charge on any atom is 0.251 e. The fourth-order valence-corrected chi connectivity index (χ4v) is 1.80. The van der Waals surface area contributed by atoms with E-state index in [2.05, 4.69) is 20.6 Å². The first-order valence-electron chi connectivity index (χ1n) is 5.68. The minimum atomic E-state index is -0.410. The van der Waals surface area contributed by atoms with Gasteiger partial charge in [0.05, 0.1) is 0 Å². The highest BCUT2D eigenvalue weighted by atomic mass is 16.2. The first kappa shape index (κ1) is 12.3. The summed E-state index contributed by atoms with van der Waals surface area (Å²) in [7, 11) is 3.25. The topological polar surface area (TPSA) is 87.2 Å². The summed E-state index contributed by atoms with van der Waals surface area (Å²) in [5, 5.41) is 5.91. The van der Waals surface area contributed by atoms with Gasteiger partial charge in [0.2, 0.25) is 5.91 Å². The minimum Gasteiger partial charge on any atom is -0.373 e. The van der Waals surface area contributed by atoms with Crippen LogP contribution in [0, 0.1) is 0 Å². The molecule has 1 unspecified atom stereocenters. The number of hydrogen-bond donors (Lipinski definition) is 2. The Morgan fingerprint density at radius 1 is 1.33 bits per heavy atom. The number of nitrogens with zero attached hydrogens (tertiary/aromatic N) is 3. The molecule has 1 aromatic heterocycles. The molecule has 1 aromatic rings. The Morgan fingerprint density at radius 3 is 2.78 bits per heavy atom. The Labute approximate surface area is 105 Å². The molecule has 1 fully saturated rings. The molecule has 1 saturated heterocycles. The standard InChI is InChI=1S/C11H15N5O2/c1-12-8-5-9(14-6-13-8)15-7-3-4-10(17)16(2)11(7)18/h5-7H,3-4H2,1-2H3,(H2,12,13,14,15). The highest BCUT2D eigenvalue weighted by Crippen LogP contribution is 2.16. The number of amides is 2. The number of rotatable bonds is 3. The highest BCUT2D eigenvalue weighted by molar-refractivity contribution is 6.01. The summed E-state index contributed by atoms with van der Waals surface area (Å²) in [6.45, 7) is 0. The summed E-state index contributed by atoms with van der Waals surface area (Å²) in [5.74, 6) is 0.864. The van der Waals surface area contributed by atoms with Gasteiger partial charge in [-0.25, -0.2) is 9.97 Å². The predicted molar refractivity (Wildman–Crippen MR) is 66.0 cm³/mol. The van der Waals surface area contributed by atoms with Crippen LogP contribution in [0.3, 0.4) is 0 Å². The average Bonchev–Trinajstić information content (AvgIpc) is 2.40. The van der Waals surface area contributed by atoms with E-state index in [1.807, 2.05) is 0 Å². The highest BCUT2D eigenvalue weighted by Gasteiger charge is 2.31. The van der Waals surface area contributed by atoms with Crippen LogP contribution >= 0.6 is 0 Å². The van der Waals surface area contributed by atoms with Gasteiger partial charge in [-0.1, -0.05) is 0 Å². The van der Waals surface area contributed by atoms with Crippen molar-refractivity contribution in [3.05, 3.63) is 12.4 Å². The van der Waals surface area contributed by atoms with Crippen LogP contribution in [0.5, 0.6) is 0 Å². The molecule has 2 rings (SSSR count). The van der Waals surface area contributed by atoms with Gasteiger partial charge in [0.25, 0.3) is 5.91 Å². The lowest BCUT2D eigenvalue weighted by Gasteiger charge is -2.28. The van der Waals surface area contributed by atoms with E-state index < -0.39 is 6.04 Å². The van der Waals surface area contributed by atoms with Crippen LogP contribution in [0.25, 0.3) is 0 Å². The van der Waals surface area contributed by atoms with Crippen molar-refractivity contribution in [2.75, 3.05) is 24.7 Å². The first-order valence-corrected chi connectivity index (χ1v) is 5.68. The molecule has 7 heteroatoms. The second-order valence-electron chi connectivity index (χ2n) is 4.07. The van der Waals surface area contributed by atoms with Gasteiger partial charge < -0.3 is 10.6 Å². The lowest BCUT2D eigenvalue weighted by Crippen LogP contribution is -2.48. The molecule has 2 heterocycles. The quantitative estimate of drug-likeness (QED) is 0.738. The number of nitrogens with one attached hydrogen (secondary N) is 2. The fourth-order valence-electron chi connectivity index (χ4n) is 1.80. The maximum absolute atomic E-state index is 11.9. The summed E-state index contributed by atoms with van der Waals surface area (Å²) in [5.41, 5.74) is 0. The van der Waals surface area contributed by atoms with Gasteiger partial charge in [-0.2, -0.15) is 0 Å². The van der Waals surface area contributed by atoms with Crippen LogP contribution in [0.15, 0.2) is 12.4 Å². The fraction of sp³-hybridized carbons (Fsp3) is 0.455. The van der Waals surface area contributed by atoms with Crippen molar-refractivity contribution in [3.63, 3.8) is 0 Å². The van der Waals surface area contributed by atoms with Crippen LogP contribution in [0.1, 0.15) is 12.8 Å². The normalized spacial score (nSPS) is 19.9. The van der Waals surface area contributed by atoms with Gasteiger partial charge in [-0.05, 0) is 6.42 Å². The number of likely N-dealkylation sites (N-methyl/N-ethyl adjacent to an activating group) is 1. The number of aromatic nitrogens is 2. The molecule has 0 radical (unpaired) electrons. The van der Waals surface area contributed by atoms with Gasteiger partial charge in [-0.15, -0.1) is 0 Å². The lowest BCUT2D eigenvalue weighted by atomic mass is 10.0. The summed E-state index contributed by atoms with van der Waals surface area (Å²) in [6, 6.07) is 1.30. The van der Waals surface area contributed by atoms with E-state index in [-0.39, 0.29) is 11.8 Å². The van der Waals surface area contributed by atoms with Crippen molar-refractivity contribution in [1.82, 2.24) is 14.9 Å². The molecule has 0 bridgehead atoms. The van der Waals surface area contributed by atoms with Crippen LogP contribution in [0.4, 0.5) is 11.6 Å². The molecule has 1 aliphatic rings. The van der Waals surface area contributed by atoms with E-state index in [0.29, 0.717) is 24.5 Å². The summed E-state index contributed by atoms with van der Waals surface area (Å²) in [6.07, 6.45) is 2.26. The number of hydrogen-bond acceptors (Lipinski definition) is 6. The zero-order valence-corrected chi connectivity index (χ0v) is 10.3. The molecule has 0 aromatic carbocycles. The Hall–Kier alpha value is -2.18. The zero-order valence-electron chi connectivity index (χ0n) is 10.3. The van der Waals surface area contributed by atoms with Crippen LogP contribution < -0.4 is 10.6 Å². The number of piperidine rings is 1. The molecule has 96 valence electrons. The lowest BCUT2D eigenvalue weighted by molar-refractivity contribution is -0.146. The van der Waals surface area contributed by atoms with Crippen molar-refractivity contribution in [2.45, 2.75) is 18.9 Å². The Morgan fingerprint density at radius 2 is 2.06 bits per heavy atom. The summed E-state index contributed by atoms with van der Waals surface area (Å²) >= 11 is 0. The monoisotopic (exact) mass is 249 g/mol. The van der Waals surface area contributed by atoms with E-state index in [4.69, 9.17) is 0 Å². The predicted octanol–water partition coefficient (Wildman–Crippen LogP) is 0.0776. The van der Waals surface area contributed by atoms with E-state index in [9.17, 15) is 9.59 Å². The SMILES string of the molecule is CNc1cc(NC2CCC(=O)N(C)C2=O)ncn1. The van der Waals surface area contributed by atoms with Gasteiger partial charge in [0.1, 0.15) is 24.0 Å². The van der Waals surface area contributed by atoms with E-state index in [1.54, 1.807) is 13.1 Å². The smallest absolute Gasteiger partial charge is 0.251 e. The van der Waals surface area contributed by atoms with Gasteiger partial charge in [0.15, 0.2) is 0 Å². The van der Waals surface area contributed by atoms with Gasteiger partial charge in [-0.3, -0.25) is 14.5 Å². The van der Waals surface area contributed by atoms with Crippen molar-refractivity contribution in [3.8, 4) is 0 Å². The maximum atomic E-state index is 11.9. The molecule has 7 nitrogen and oxygen atoms in total. The summed E-state index contributed by atoms with van der Waals surface area (Å²) in [4.78, 5) is 32.4. The van der Waals surface area contributed by atoms with Crippen LogP contribution in [-0.4, -0.2) is 46.8 Å². The van der Waals surface area contributed by atoms with Crippen LogP contribution in [0.2, 0.25) is 0 Å². The molecular weight excluding hydrogens is 234 g/mol. The molecular formula is C11H15N5O2. The largest absolute Gasteiger partial charge is 0.373 e. The van der Waals surface area contributed by atoms with Gasteiger partial charge in [0, 0.05) is 26.6 Å². The average molecular weight is 249 g/mol. The second kappa shape index (κ2) is 4.99. The van der Waals surface area contributed by atoms with Crippen molar-refractivity contribution in [2.24, 2.45) is 0 Å². The second-order valence-corrected chi connectivity index (χ2v) is 4.07. The number of imide groups is 1. The molecule has 2 amide bonds. The Bertz CT molecular complexity index is 476. The third-order valence-corrected chi connectivity index (χ3v) is 2.89. The molecule has 0 aliphatic carbocycles. The number of likely N-dealkylation sites (tertiary alicyclic amines) is 1. The Kier molecular flexibility index (Phi) is 3.40. The van der Waals surface area contributed by atoms with Crippen molar-refractivity contribution in [1.29, 1.82) is 0 Å². The van der Waals surface area contributed by atoms with E-state index in [1.165, 1.54) is 13.4 Å². The number of anilines is 2. The van der Waals surface area contributed by atoms with Gasteiger partial charge >= 0.3 is 0 Å². The molecule has 1 aliphatic heterocycles. The first-order chi connectivity index (χ1) is 8.61. The van der Waals surface area contributed by atoms with E-state index in [0.717, 1.165) is 4.90 Å². The summed E-state index contributed by atoms with van der Waals surface area (Å²) < 4.78 is 0. The third-order valence-electron chi connectivity index (χ3n) is 2.89. The Balaban J connectivity index is 2.09. The molecule has 18 heavy (non-hydrogen) atoms. The molecule has 0 saturated carbocycles. The van der Waals surface area contributed by atoms with E-state index >= 15 is 0 Å². The zero-order chi connectivity index (χ0) is 13.1. The molecule has 0 spiro atoms. The van der Waals surface area contributed by atoms with Crippen LogP contribution in [-0.2, 0) is 9.59 Å². The van der Waals surface area contributed by atoms with Crippen molar-refractivity contribution < 1.29 is 9.59 Å². The molecule has 2 N–H and O–H groups in total. The third kappa shape index (κ3) is 2.39. The number of carbonyl (C=O) groups is 2. The molecule has 1 atom stereocenters.